The predicted molar refractivity (Wildman–Crippen MR) is 73.3 cm³/mol. The number of rotatable bonds is 4. The molecule has 90 valence electrons. The summed E-state index contributed by atoms with van der Waals surface area (Å²) in [6.45, 7) is 3.52. The maximum absolute atomic E-state index is 5.57. The van der Waals surface area contributed by atoms with Crippen molar-refractivity contribution in [3.05, 3.63) is 46.5 Å². The lowest BCUT2D eigenvalue weighted by molar-refractivity contribution is 0.894. The van der Waals surface area contributed by atoms with E-state index in [0.717, 1.165) is 17.4 Å². The van der Waals surface area contributed by atoms with Crippen molar-refractivity contribution in [1.82, 2.24) is 4.98 Å². The Morgan fingerprint density at radius 1 is 1.35 bits per heavy atom. The molecule has 2 aromatic rings. The first-order chi connectivity index (χ1) is 8.20. The van der Waals surface area contributed by atoms with Crippen molar-refractivity contribution in [3.63, 3.8) is 0 Å². The molecule has 0 aliphatic carbocycles. The molecule has 0 radical (unpaired) electrons. The molecule has 1 heterocycles. The zero-order valence-electron chi connectivity index (χ0n) is 10.2. The summed E-state index contributed by atoms with van der Waals surface area (Å²) in [5.74, 6) is 0. The molecule has 0 saturated carbocycles. The Kier molecular flexibility index (Phi) is 3.76. The lowest BCUT2D eigenvalue weighted by Crippen LogP contribution is -2.17. The third kappa shape index (κ3) is 2.84. The van der Waals surface area contributed by atoms with Gasteiger partial charge in [-0.2, -0.15) is 0 Å². The summed E-state index contributed by atoms with van der Waals surface area (Å²) in [7, 11) is 2.06. The number of benzene rings is 1. The second-order valence-electron chi connectivity index (χ2n) is 4.11. The molecule has 17 heavy (non-hydrogen) atoms. The molecule has 0 aliphatic heterocycles. The maximum Gasteiger partial charge on any atom is 0.185 e. The average molecular weight is 247 g/mol. The Hall–Kier alpha value is -1.39. The summed E-state index contributed by atoms with van der Waals surface area (Å²) in [6, 6.07) is 8.43. The minimum atomic E-state index is 0.509. The fraction of sp³-hybridized carbons (Fsp3) is 0.308. The highest BCUT2D eigenvalue weighted by molar-refractivity contribution is 7.13. The summed E-state index contributed by atoms with van der Waals surface area (Å²) in [5, 5.41) is 3.04. The van der Waals surface area contributed by atoms with E-state index < -0.39 is 0 Å². The van der Waals surface area contributed by atoms with Crippen molar-refractivity contribution < 1.29 is 0 Å². The number of hydrogen-bond acceptors (Lipinski definition) is 4. The van der Waals surface area contributed by atoms with Gasteiger partial charge in [-0.3, -0.25) is 0 Å². The molecule has 0 bridgehead atoms. The van der Waals surface area contributed by atoms with Crippen LogP contribution in [0.25, 0.3) is 0 Å². The fourth-order valence-electron chi connectivity index (χ4n) is 1.68. The SMILES string of the molecule is Cc1ccccc1CN(C)c1nc(CN)cs1. The van der Waals surface area contributed by atoms with Crippen LogP contribution in [0.1, 0.15) is 16.8 Å². The monoisotopic (exact) mass is 247 g/mol. The highest BCUT2D eigenvalue weighted by Crippen LogP contribution is 2.21. The van der Waals surface area contributed by atoms with E-state index in [4.69, 9.17) is 5.73 Å². The lowest BCUT2D eigenvalue weighted by atomic mass is 10.1. The fourth-order valence-corrected chi connectivity index (χ4v) is 2.48. The summed E-state index contributed by atoms with van der Waals surface area (Å²) in [5.41, 5.74) is 9.17. The van der Waals surface area contributed by atoms with Crippen LogP contribution in [0.5, 0.6) is 0 Å². The van der Waals surface area contributed by atoms with Crippen LogP contribution in [0.3, 0.4) is 0 Å². The number of anilines is 1. The Morgan fingerprint density at radius 3 is 2.76 bits per heavy atom. The predicted octanol–water partition coefficient (Wildman–Crippen LogP) is 2.55. The first-order valence-corrected chi connectivity index (χ1v) is 6.49. The minimum absolute atomic E-state index is 0.509. The molecule has 2 rings (SSSR count). The van der Waals surface area contributed by atoms with Crippen LogP contribution in [0.15, 0.2) is 29.6 Å². The van der Waals surface area contributed by atoms with Crippen LogP contribution in [0, 0.1) is 6.92 Å². The number of thiazole rings is 1. The van der Waals surface area contributed by atoms with Crippen LogP contribution < -0.4 is 10.6 Å². The van der Waals surface area contributed by atoms with Gasteiger partial charge in [-0.1, -0.05) is 24.3 Å². The molecule has 0 spiro atoms. The van der Waals surface area contributed by atoms with E-state index in [2.05, 4.69) is 48.1 Å². The third-order valence-electron chi connectivity index (χ3n) is 2.74. The normalized spacial score (nSPS) is 10.5. The van der Waals surface area contributed by atoms with Gasteiger partial charge < -0.3 is 10.6 Å². The van der Waals surface area contributed by atoms with Gasteiger partial charge in [0.15, 0.2) is 5.13 Å². The van der Waals surface area contributed by atoms with Crippen molar-refractivity contribution in [2.45, 2.75) is 20.0 Å². The smallest absolute Gasteiger partial charge is 0.185 e. The van der Waals surface area contributed by atoms with E-state index in [0.29, 0.717) is 6.54 Å². The van der Waals surface area contributed by atoms with Crippen molar-refractivity contribution in [2.75, 3.05) is 11.9 Å². The van der Waals surface area contributed by atoms with E-state index in [1.165, 1.54) is 11.1 Å². The van der Waals surface area contributed by atoms with Crippen LogP contribution >= 0.6 is 11.3 Å². The molecule has 3 nitrogen and oxygen atoms in total. The van der Waals surface area contributed by atoms with Gasteiger partial charge in [0.2, 0.25) is 0 Å². The first kappa shape index (κ1) is 12.1. The topological polar surface area (TPSA) is 42.2 Å². The Labute approximate surface area is 106 Å². The van der Waals surface area contributed by atoms with Crippen LogP contribution in [0.2, 0.25) is 0 Å². The van der Waals surface area contributed by atoms with Gasteiger partial charge in [0.1, 0.15) is 0 Å². The number of aromatic nitrogens is 1. The van der Waals surface area contributed by atoms with E-state index >= 15 is 0 Å². The molecule has 0 amide bonds. The zero-order chi connectivity index (χ0) is 12.3. The summed E-state index contributed by atoms with van der Waals surface area (Å²) < 4.78 is 0. The largest absolute Gasteiger partial charge is 0.347 e. The van der Waals surface area contributed by atoms with Crippen LogP contribution in [-0.2, 0) is 13.1 Å². The van der Waals surface area contributed by atoms with Crippen molar-refractivity contribution in [3.8, 4) is 0 Å². The number of aryl methyl sites for hydroxylation is 1. The van der Waals surface area contributed by atoms with Gasteiger partial charge >= 0.3 is 0 Å². The first-order valence-electron chi connectivity index (χ1n) is 5.61. The second-order valence-corrected chi connectivity index (χ2v) is 4.94. The van der Waals surface area contributed by atoms with Gasteiger partial charge in [0.25, 0.3) is 0 Å². The number of nitrogens with two attached hydrogens (primary N) is 1. The molecule has 0 aliphatic rings. The molecule has 1 aromatic carbocycles. The van der Waals surface area contributed by atoms with Crippen molar-refractivity contribution >= 4 is 16.5 Å². The molecule has 1 aromatic heterocycles. The van der Waals surface area contributed by atoms with E-state index in [9.17, 15) is 0 Å². The molecule has 2 N–H and O–H groups in total. The Balaban J connectivity index is 2.11. The molecule has 0 fully saturated rings. The Morgan fingerprint density at radius 2 is 2.12 bits per heavy atom. The van der Waals surface area contributed by atoms with E-state index in [-0.39, 0.29) is 0 Å². The van der Waals surface area contributed by atoms with Crippen LogP contribution in [0.4, 0.5) is 5.13 Å². The highest BCUT2D eigenvalue weighted by atomic mass is 32.1. The standard InChI is InChI=1S/C13H17N3S/c1-10-5-3-4-6-11(10)8-16(2)13-15-12(7-14)9-17-13/h3-6,9H,7-8,14H2,1-2H3. The van der Waals surface area contributed by atoms with Gasteiger partial charge in [-0.05, 0) is 18.1 Å². The van der Waals surface area contributed by atoms with Crippen molar-refractivity contribution in [2.24, 2.45) is 5.73 Å². The summed E-state index contributed by atoms with van der Waals surface area (Å²) in [4.78, 5) is 6.63. The minimum Gasteiger partial charge on any atom is -0.347 e. The maximum atomic E-state index is 5.57. The molecular weight excluding hydrogens is 230 g/mol. The van der Waals surface area contributed by atoms with E-state index in [1.54, 1.807) is 11.3 Å². The molecular formula is C13H17N3S. The van der Waals surface area contributed by atoms with Gasteiger partial charge in [0.05, 0.1) is 5.69 Å². The van der Waals surface area contributed by atoms with Gasteiger partial charge in [0, 0.05) is 25.5 Å². The number of hydrogen-bond donors (Lipinski definition) is 1. The summed E-state index contributed by atoms with van der Waals surface area (Å²) in [6.07, 6.45) is 0. The average Bonchev–Trinajstić information content (AvgIpc) is 2.81. The second kappa shape index (κ2) is 5.29. The molecule has 0 atom stereocenters. The zero-order valence-corrected chi connectivity index (χ0v) is 11.0. The summed E-state index contributed by atoms with van der Waals surface area (Å²) >= 11 is 1.64. The lowest BCUT2D eigenvalue weighted by Gasteiger charge is -2.17. The van der Waals surface area contributed by atoms with Crippen molar-refractivity contribution in [1.29, 1.82) is 0 Å². The van der Waals surface area contributed by atoms with Gasteiger partial charge in [-0.15, -0.1) is 11.3 Å². The highest BCUT2D eigenvalue weighted by Gasteiger charge is 2.07. The molecule has 0 saturated heterocycles. The van der Waals surface area contributed by atoms with Gasteiger partial charge in [-0.25, -0.2) is 4.98 Å². The van der Waals surface area contributed by atoms with E-state index in [1.807, 2.05) is 5.38 Å². The number of nitrogens with zero attached hydrogens (tertiary/aromatic N) is 2. The Bertz CT molecular complexity index is 493. The van der Waals surface area contributed by atoms with Crippen LogP contribution in [-0.4, -0.2) is 12.0 Å². The quantitative estimate of drug-likeness (QED) is 0.903. The molecule has 0 unspecified atom stereocenters. The third-order valence-corrected chi connectivity index (χ3v) is 3.75. The molecule has 4 heteroatoms.